The molecule has 1 aromatic rings. The zero-order chi connectivity index (χ0) is 15.2. The molecular formula is C15H21FN2O2S. The van der Waals surface area contributed by atoms with Crippen LogP contribution in [0.3, 0.4) is 0 Å². The van der Waals surface area contributed by atoms with E-state index in [9.17, 15) is 9.18 Å². The van der Waals surface area contributed by atoms with Crippen molar-refractivity contribution in [3.8, 4) is 5.75 Å². The van der Waals surface area contributed by atoms with Crippen molar-refractivity contribution in [2.45, 2.75) is 32.4 Å². The molecule has 0 aliphatic carbocycles. The second kappa shape index (κ2) is 7.66. The van der Waals surface area contributed by atoms with Crippen molar-refractivity contribution in [1.82, 2.24) is 5.32 Å². The number of carbonyl (C=O) groups is 1. The minimum Gasteiger partial charge on any atom is -0.491 e. The molecular weight excluding hydrogens is 291 g/mol. The first-order valence-corrected chi connectivity index (χ1v) is 8.27. The number of carbonyl (C=O) groups excluding carboxylic acids is 1. The molecule has 116 valence electrons. The van der Waals surface area contributed by atoms with Crippen LogP contribution in [0.2, 0.25) is 0 Å². The Kier molecular flexibility index (Phi) is 5.87. The Morgan fingerprint density at radius 1 is 1.57 bits per heavy atom. The van der Waals surface area contributed by atoms with Gasteiger partial charge < -0.3 is 15.4 Å². The lowest BCUT2D eigenvalue weighted by molar-refractivity contribution is -0.116. The smallest absolute Gasteiger partial charge is 0.226 e. The number of anilines is 1. The fourth-order valence-electron chi connectivity index (χ4n) is 2.12. The molecule has 1 atom stereocenters. The van der Waals surface area contributed by atoms with Gasteiger partial charge >= 0.3 is 0 Å². The average molecular weight is 312 g/mol. The molecule has 6 heteroatoms. The van der Waals surface area contributed by atoms with Crippen LogP contribution in [-0.4, -0.2) is 36.1 Å². The average Bonchev–Trinajstić information content (AvgIpc) is 2.42. The molecule has 4 nitrogen and oxygen atoms in total. The van der Waals surface area contributed by atoms with Crippen molar-refractivity contribution >= 4 is 23.4 Å². The second-order valence-corrected chi connectivity index (χ2v) is 6.44. The molecule has 2 N–H and O–H groups in total. The third-order valence-electron chi connectivity index (χ3n) is 3.02. The summed E-state index contributed by atoms with van der Waals surface area (Å²) in [4.78, 5) is 11.9. The molecule has 0 radical (unpaired) electrons. The normalized spacial score (nSPS) is 18.6. The maximum absolute atomic E-state index is 13.9. The number of thioether (sulfide) groups is 1. The summed E-state index contributed by atoms with van der Waals surface area (Å²) in [6, 6.07) is 4.65. The Labute approximate surface area is 128 Å². The van der Waals surface area contributed by atoms with Crippen LogP contribution in [0.4, 0.5) is 10.1 Å². The Balaban J connectivity index is 1.90. The summed E-state index contributed by atoms with van der Waals surface area (Å²) in [5, 5.41) is 5.90. The summed E-state index contributed by atoms with van der Waals surface area (Å²) < 4.78 is 19.3. The van der Waals surface area contributed by atoms with Crippen LogP contribution in [0.15, 0.2) is 18.2 Å². The van der Waals surface area contributed by atoms with Crippen molar-refractivity contribution in [2.75, 3.05) is 23.4 Å². The molecule has 0 saturated carbocycles. The molecule has 0 aromatic heterocycles. The van der Waals surface area contributed by atoms with Gasteiger partial charge in [-0.1, -0.05) is 0 Å². The van der Waals surface area contributed by atoms with Crippen LogP contribution in [-0.2, 0) is 4.79 Å². The van der Waals surface area contributed by atoms with Crippen molar-refractivity contribution in [3.05, 3.63) is 24.0 Å². The zero-order valence-corrected chi connectivity index (χ0v) is 13.1. The predicted molar refractivity (Wildman–Crippen MR) is 84.5 cm³/mol. The predicted octanol–water partition coefficient (Wildman–Crippen LogP) is 2.65. The van der Waals surface area contributed by atoms with E-state index in [0.29, 0.717) is 12.2 Å². The fourth-order valence-corrected chi connectivity index (χ4v) is 3.07. The van der Waals surface area contributed by atoms with Gasteiger partial charge in [0, 0.05) is 36.6 Å². The number of hydrogen-bond acceptors (Lipinski definition) is 4. The maximum Gasteiger partial charge on any atom is 0.226 e. The quantitative estimate of drug-likeness (QED) is 0.877. The minimum absolute atomic E-state index is 0.0142. The van der Waals surface area contributed by atoms with E-state index in [-0.39, 0.29) is 23.7 Å². The van der Waals surface area contributed by atoms with Gasteiger partial charge in [0.1, 0.15) is 11.6 Å². The van der Waals surface area contributed by atoms with Gasteiger partial charge in [-0.25, -0.2) is 4.39 Å². The molecule has 1 aliphatic rings. The van der Waals surface area contributed by atoms with Gasteiger partial charge in [0.25, 0.3) is 0 Å². The highest BCUT2D eigenvalue weighted by atomic mass is 32.2. The third kappa shape index (κ3) is 5.21. The van der Waals surface area contributed by atoms with E-state index in [4.69, 9.17) is 4.74 Å². The first kappa shape index (κ1) is 16.1. The molecule has 0 spiro atoms. The van der Waals surface area contributed by atoms with Crippen LogP contribution in [0.1, 0.15) is 20.3 Å². The number of nitrogens with one attached hydrogen (secondary N) is 2. The van der Waals surface area contributed by atoms with E-state index in [2.05, 4.69) is 10.6 Å². The summed E-state index contributed by atoms with van der Waals surface area (Å²) in [6.45, 7) is 4.67. The Morgan fingerprint density at radius 2 is 2.38 bits per heavy atom. The summed E-state index contributed by atoms with van der Waals surface area (Å²) >= 11 is 1.83. The van der Waals surface area contributed by atoms with E-state index >= 15 is 0 Å². The molecule has 1 unspecified atom stereocenters. The van der Waals surface area contributed by atoms with E-state index in [1.165, 1.54) is 12.1 Å². The molecule has 1 amide bonds. The maximum atomic E-state index is 13.9. The first-order valence-electron chi connectivity index (χ1n) is 7.12. The van der Waals surface area contributed by atoms with E-state index in [1.807, 2.05) is 25.6 Å². The lowest BCUT2D eigenvalue weighted by atomic mass is 10.2. The molecule has 1 aromatic carbocycles. The van der Waals surface area contributed by atoms with Crippen LogP contribution < -0.4 is 15.4 Å². The molecule has 21 heavy (non-hydrogen) atoms. The SMILES string of the molecule is CC(C)Oc1ccc(NC(=O)CC2CSCCN2)c(F)c1. The Hall–Kier alpha value is -1.27. The van der Waals surface area contributed by atoms with Crippen LogP contribution in [0, 0.1) is 5.82 Å². The Morgan fingerprint density at radius 3 is 3.00 bits per heavy atom. The van der Waals surface area contributed by atoms with Crippen molar-refractivity contribution < 1.29 is 13.9 Å². The van der Waals surface area contributed by atoms with E-state index in [1.54, 1.807) is 6.07 Å². The highest BCUT2D eigenvalue weighted by Gasteiger charge is 2.17. The molecule has 1 aliphatic heterocycles. The number of halogens is 1. The molecule has 1 heterocycles. The lowest BCUT2D eigenvalue weighted by Crippen LogP contribution is -2.39. The van der Waals surface area contributed by atoms with Crippen molar-refractivity contribution in [1.29, 1.82) is 0 Å². The van der Waals surface area contributed by atoms with Gasteiger partial charge in [-0.15, -0.1) is 0 Å². The van der Waals surface area contributed by atoms with Crippen LogP contribution in [0.5, 0.6) is 5.75 Å². The highest BCUT2D eigenvalue weighted by molar-refractivity contribution is 7.99. The van der Waals surface area contributed by atoms with Gasteiger partial charge in [-0.2, -0.15) is 11.8 Å². The third-order valence-corrected chi connectivity index (χ3v) is 4.15. The lowest BCUT2D eigenvalue weighted by Gasteiger charge is -2.22. The highest BCUT2D eigenvalue weighted by Crippen LogP contribution is 2.22. The molecule has 1 saturated heterocycles. The topological polar surface area (TPSA) is 50.4 Å². The number of ether oxygens (including phenoxy) is 1. The molecule has 0 bridgehead atoms. The van der Waals surface area contributed by atoms with Gasteiger partial charge in [-0.05, 0) is 26.0 Å². The number of rotatable bonds is 5. The monoisotopic (exact) mass is 312 g/mol. The summed E-state index contributed by atoms with van der Waals surface area (Å²) in [7, 11) is 0. The standard InChI is InChI=1S/C15H21FN2O2S/c1-10(2)20-12-3-4-14(13(16)8-12)18-15(19)7-11-9-21-6-5-17-11/h3-4,8,10-11,17H,5-7,9H2,1-2H3,(H,18,19). The summed E-state index contributed by atoms with van der Waals surface area (Å²) in [5.41, 5.74) is 0.194. The Bertz CT molecular complexity index is 491. The second-order valence-electron chi connectivity index (χ2n) is 5.29. The number of benzene rings is 1. The van der Waals surface area contributed by atoms with Gasteiger partial charge in [-0.3, -0.25) is 4.79 Å². The van der Waals surface area contributed by atoms with Crippen LogP contribution >= 0.6 is 11.8 Å². The van der Waals surface area contributed by atoms with Crippen molar-refractivity contribution in [3.63, 3.8) is 0 Å². The van der Waals surface area contributed by atoms with Gasteiger partial charge in [0.2, 0.25) is 5.91 Å². The van der Waals surface area contributed by atoms with Gasteiger partial charge in [0.15, 0.2) is 0 Å². The number of hydrogen-bond donors (Lipinski definition) is 2. The van der Waals surface area contributed by atoms with E-state index in [0.717, 1.165) is 18.1 Å². The first-order chi connectivity index (χ1) is 10.0. The largest absolute Gasteiger partial charge is 0.491 e. The van der Waals surface area contributed by atoms with Gasteiger partial charge in [0.05, 0.1) is 11.8 Å². The summed E-state index contributed by atoms with van der Waals surface area (Å²) in [6.07, 6.45) is 0.344. The fraction of sp³-hybridized carbons (Fsp3) is 0.533. The number of amides is 1. The summed E-state index contributed by atoms with van der Waals surface area (Å²) in [5.74, 6) is 1.80. The molecule has 1 fully saturated rings. The van der Waals surface area contributed by atoms with Crippen LogP contribution in [0.25, 0.3) is 0 Å². The molecule has 2 rings (SSSR count). The zero-order valence-electron chi connectivity index (χ0n) is 12.3. The van der Waals surface area contributed by atoms with E-state index < -0.39 is 5.82 Å². The van der Waals surface area contributed by atoms with Crippen molar-refractivity contribution in [2.24, 2.45) is 0 Å². The minimum atomic E-state index is -0.479.